The molecule has 2 aliphatic rings. The first-order valence-electron chi connectivity index (χ1n) is 9.82. The number of aromatic amines is 1. The van der Waals surface area contributed by atoms with E-state index in [1.54, 1.807) is 7.11 Å². The number of methoxy groups -OCH3 is 1. The van der Waals surface area contributed by atoms with Crippen LogP contribution in [0.5, 0.6) is 5.75 Å². The van der Waals surface area contributed by atoms with Crippen molar-refractivity contribution < 1.29 is 9.53 Å². The Kier molecular flexibility index (Phi) is 4.34. The molecule has 0 unspecified atom stereocenters. The highest BCUT2D eigenvalue weighted by Crippen LogP contribution is 2.40. The monoisotopic (exact) mass is 370 g/mol. The number of urea groups is 1. The van der Waals surface area contributed by atoms with Crippen molar-refractivity contribution in [2.75, 3.05) is 26.7 Å². The summed E-state index contributed by atoms with van der Waals surface area (Å²) in [4.78, 5) is 18.1. The number of piperidine rings is 1. The smallest absolute Gasteiger partial charge is 0.317 e. The zero-order valence-corrected chi connectivity index (χ0v) is 16.7. The van der Waals surface area contributed by atoms with Crippen LogP contribution in [0.15, 0.2) is 18.2 Å². The molecule has 2 amide bonds. The predicted octanol–water partition coefficient (Wildman–Crippen LogP) is 3.12. The van der Waals surface area contributed by atoms with E-state index in [1.807, 2.05) is 31.7 Å². The molecule has 146 valence electrons. The van der Waals surface area contributed by atoms with Gasteiger partial charge in [0.2, 0.25) is 0 Å². The third-order valence-electron chi connectivity index (χ3n) is 5.82. The Hall–Kier alpha value is -2.21. The Balaban J connectivity index is 1.59. The molecule has 1 saturated heterocycles. The van der Waals surface area contributed by atoms with Crippen molar-refractivity contribution >= 4 is 16.9 Å². The lowest BCUT2D eigenvalue weighted by molar-refractivity contribution is 0.130. The van der Waals surface area contributed by atoms with E-state index < -0.39 is 0 Å². The van der Waals surface area contributed by atoms with Gasteiger partial charge in [-0.3, -0.25) is 0 Å². The predicted molar refractivity (Wildman–Crippen MR) is 107 cm³/mol. The minimum atomic E-state index is -0.210. The van der Waals surface area contributed by atoms with Gasteiger partial charge >= 0.3 is 6.03 Å². The summed E-state index contributed by atoms with van der Waals surface area (Å²) in [6.07, 6.45) is 2.85. The number of fused-ring (bicyclic) bond motifs is 4. The maximum Gasteiger partial charge on any atom is 0.317 e. The number of aromatic nitrogens is 1. The van der Waals surface area contributed by atoms with E-state index >= 15 is 0 Å². The molecule has 0 atom stereocenters. The van der Waals surface area contributed by atoms with Gasteiger partial charge in [-0.25, -0.2) is 4.79 Å². The highest BCUT2D eigenvalue weighted by atomic mass is 16.5. The fraction of sp³-hybridized carbons (Fsp3) is 0.571. The van der Waals surface area contributed by atoms with E-state index in [9.17, 15) is 4.79 Å². The molecule has 0 saturated carbocycles. The summed E-state index contributed by atoms with van der Waals surface area (Å²) in [5.74, 6) is 0.894. The second-order valence-electron chi connectivity index (χ2n) is 8.82. The van der Waals surface area contributed by atoms with Crippen LogP contribution in [0.25, 0.3) is 10.9 Å². The molecule has 27 heavy (non-hydrogen) atoms. The molecule has 0 bridgehead atoms. The molecule has 2 aromatic rings. The van der Waals surface area contributed by atoms with E-state index in [0.29, 0.717) is 0 Å². The van der Waals surface area contributed by atoms with Crippen molar-refractivity contribution in [3.63, 3.8) is 0 Å². The Morgan fingerprint density at radius 2 is 2.00 bits per heavy atom. The summed E-state index contributed by atoms with van der Waals surface area (Å²) in [5, 5.41) is 8.11. The first-order chi connectivity index (χ1) is 12.8. The van der Waals surface area contributed by atoms with Gasteiger partial charge < -0.3 is 25.3 Å². The topological polar surface area (TPSA) is 69.4 Å². The van der Waals surface area contributed by atoms with Crippen LogP contribution in [-0.2, 0) is 12.0 Å². The second-order valence-corrected chi connectivity index (χ2v) is 8.82. The van der Waals surface area contributed by atoms with Crippen molar-refractivity contribution in [3.8, 4) is 5.75 Å². The number of H-pyrrole nitrogens is 1. The van der Waals surface area contributed by atoms with Crippen LogP contribution in [0.3, 0.4) is 0 Å². The largest absolute Gasteiger partial charge is 0.497 e. The first kappa shape index (κ1) is 18.2. The lowest BCUT2D eigenvalue weighted by Gasteiger charge is -2.45. The summed E-state index contributed by atoms with van der Waals surface area (Å²) < 4.78 is 5.42. The van der Waals surface area contributed by atoms with Crippen LogP contribution in [0.2, 0.25) is 0 Å². The molecule has 2 aliphatic heterocycles. The summed E-state index contributed by atoms with van der Waals surface area (Å²) in [7, 11) is 1.71. The van der Waals surface area contributed by atoms with Crippen molar-refractivity contribution in [1.82, 2.24) is 20.5 Å². The van der Waals surface area contributed by atoms with Crippen LogP contribution in [0, 0.1) is 0 Å². The number of nitrogens with zero attached hydrogens (tertiary/aromatic N) is 1. The first-order valence-corrected chi connectivity index (χ1v) is 9.82. The van der Waals surface area contributed by atoms with Crippen molar-refractivity contribution in [3.05, 3.63) is 29.5 Å². The van der Waals surface area contributed by atoms with Gasteiger partial charge in [-0.05, 0) is 63.8 Å². The average Bonchev–Trinajstić information content (AvgIpc) is 3.00. The number of hydrogen-bond acceptors (Lipinski definition) is 3. The number of hydrogen-bond donors (Lipinski definition) is 3. The summed E-state index contributed by atoms with van der Waals surface area (Å²) in [6.45, 7) is 8.53. The number of likely N-dealkylation sites (tertiary alicyclic amines) is 1. The van der Waals surface area contributed by atoms with Crippen LogP contribution in [0.4, 0.5) is 4.79 Å². The van der Waals surface area contributed by atoms with Gasteiger partial charge in [-0.15, -0.1) is 0 Å². The lowest BCUT2D eigenvalue weighted by Crippen LogP contribution is -2.57. The quantitative estimate of drug-likeness (QED) is 0.722. The van der Waals surface area contributed by atoms with E-state index in [1.165, 1.54) is 16.6 Å². The molecule has 1 fully saturated rings. The van der Waals surface area contributed by atoms with Crippen LogP contribution in [0.1, 0.15) is 44.9 Å². The van der Waals surface area contributed by atoms with Gasteiger partial charge in [-0.2, -0.15) is 0 Å². The summed E-state index contributed by atoms with van der Waals surface area (Å²) >= 11 is 0. The van der Waals surface area contributed by atoms with E-state index in [0.717, 1.165) is 50.2 Å². The lowest BCUT2D eigenvalue weighted by atomic mass is 9.79. The minimum absolute atomic E-state index is 0.0368. The maximum absolute atomic E-state index is 12.5. The standard InChI is InChI=1S/C21H30N4O2/c1-20(2,3)24-19(26)25-11-8-21(9-12-25)18-15(7-10-22-21)16-13-14(27-4)5-6-17(16)23-18/h5-6,13,22-23H,7-12H2,1-4H3,(H,24,26). The van der Waals surface area contributed by atoms with Crippen LogP contribution < -0.4 is 15.4 Å². The highest BCUT2D eigenvalue weighted by molar-refractivity contribution is 5.87. The maximum atomic E-state index is 12.5. The molecule has 0 aliphatic carbocycles. The Morgan fingerprint density at radius 3 is 2.67 bits per heavy atom. The number of amides is 2. The molecule has 4 rings (SSSR count). The molecule has 0 radical (unpaired) electrons. The van der Waals surface area contributed by atoms with E-state index in [-0.39, 0.29) is 17.1 Å². The van der Waals surface area contributed by atoms with Gasteiger partial charge in [0.1, 0.15) is 5.75 Å². The molecule has 1 aromatic heterocycles. The molecular formula is C21H30N4O2. The zero-order valence-electron chi connectivity index (χ0n) is 16.7. The number of nitrogens with one attached hydrogen (secondary N) is 3. The SMILES string of the molecule is COc1ccc2[nH]c3c(c2c1)CCNC31CCN(C(=O)NC(C)(C)C)CC1. The van der Waals surface area contributed by atoms with Gasteiger partial charge in [0.05, 0.1) is 12.6 Å². The summed E-state index contributed by atoms with van der Waals surface area (Å²) in [6, 6.07) is 6.28. The fourth-order valence-corrected chi connectivity index (χ4v) is 4.46. The molecule has 3 N–H and O–H groups in total. The van der Waals surface area contributed by atoms with Crippen molar-refractivity contribution in [2.45, 2.75) is 51.1 Å². The normalized spacial score (nSPS) is 19.2. The van der Waals surface area contributed by atoms with Gasteiger partial charge in [0, 0.05) is 41.8 Å². The molecule has 1 aromatic carbocycles. The van der Waals surface area contributed by atoms with Crippen LogP contribution >= 0.6 is 0 Å². The van der Waals surface area contributed by atoms with Crippen molar-refractivity contribution in [2.24, 2.45) is 0 Å². The van der Waals surface area contributed by atoms with E-state index in [2.05, 4.69) is 27.8 Å². The third-order valence-corrected chi connectivity index (χ3v) is 5.82. The minimum Gasteiger partial charge on any atom is -0.497 e. The molecule has 1 spiro atoms. The van der Waals surface area contributed by atoms with E-state index in [4.69, 9.17) is 4.74 Å². The number of benzene rings is 1. The van der Waals surface area contributed by atoms with Gasteiger partial charge in [0.15, 0.2) is 0 Å². The molecule has 3 heterocycles. The van der Waals surface area contributed by atoms with Gasteiger partial charge in [0.25, 0.3) is 0 Å². The third kappa shape index (κ3) is 3.27. The number of ether oxygens (including phenoxy) is 1. The molecule has 6 heteroatoms. The number of carbonyl (C=O) groups is 1. The zero-order chi connectivity index (χ0) is 19.2. The van der Waals surface area contributed by atoms with Crippen LogP contribution in [-0.4, -0.2) is 48.2 Å². The van der Waals surface area contributed by atoms with Crippen molar-refractivity contribution in [1.29, 1.82) is 0 Å². The average molecular weight is 370 g/mol. The molecule has 6 nitrogen and oxygen atoms in total. The second kappa shape index (κ2) is 6.44. The highest BCUT2D eigenvalue weighted by Gasteiger charge is 2.42. The Labute approximate surface area is 160 Å². The fourth-order valence-electron chi connectivity index (χ4n) is 4.46. The number of carbonyl (C=O) groups excluding carboxylic acids is 1. The molecular weight excluding hydrogens is 340 g/mol. The Bertz CT molecular complexity index is 857. The van der Waals surface area contributed by atoms with Gasteiger partial charge in [-0.1, -0.05) is 0 Å². The number of rotatable bonds is 1. The Morgan fingerprint density at radius 1 is 1.26 bits per heavy atom. The summed E-state index contributed by atoms with van der Waals surface area (Å²) in [5.41, 5.74) is 3.58.